The van der Waals surface area contributed by atoms with Crippen LogP contribution in [0.5, 0.6) is 5.75 Å². The first-order valence-corrected chi connectivity index (χ1v) is 11.4. The molecule has 1 amide bonds. The van der Waals surface area contributed by atoms with Gasteiger partial charge in [-0.3, -0.25) is 4.90 Å². The second-order valence-corrected chi connectivity index (χ2v) is 8.82. The predicted molar refractivity (Wildman–Crippen MR) is 125 cm³/mol. The van der Waals surface area contributed by atoms with Crippen LogP contribution >= 0.6 is 0 Å². The number of hydrogen-bond acceptors (Lipinski definition) is 7. The largest absolute Gasteiger partial charge is 0.467 e. The summed E-state index contributed by atoms with van der Waals surface area (Å²) in [6.45, 7) is 0.0733. The van der Waals surface area contributed by atoms with Gasteiger partial charge in [-0.25, -0.2) is 14.2 Å². The van der Waals surface area contributed by atoms with Gasteiger partial charge in [0.1, 0.15) is 11.9 Å². The van der Waals surface area contributed by atoms with Crippen molar-refractivity contribution in [3.8, 4) is 22.7 Å². The highest BCUT2D eigenvalue weighted by atomic mass is 19.1. The number of ether oxygens (including phenoxy) is 2. The minimum absolute atomic E-state index is 0.0733. The summed E-state index contributed by atoms with van der Waals surface area (Å²) in [6, 6.07) is 8.07. The number of imidazole rings is 1. The molecule has 2 aromatic heterocycles. The molecule has 0 saturated carbocycles. The number of fused-ring (bicyclic) bond motifs is 2. The number of carboxylic acid groups (broad SMARTS) is 1. The number of piperidine rings is 1. The summed E-state index contributed by atoms with van der Waals surface area (Å²) >= 11 is 0. The highest BCUT2D eigenvalue weighted by Crippen LogP contribution is 2.40. The summed E-state index contributed by atoms with van der Waals surface area (Å²) in [5.74, 6) is 1.11. The molecule has 4 atom stereocenters. The summed E-state index contributed by atoms with van der Waals surface area (Å²) in [5.41, 5.74) is 2.21. The zero-order valence-electron chi connectivity index (χ0n) is 19.5. The quantitative estimate of drug-likeness (QED) is 0.511. The van der Waals surface area contributed by atoms with Crippen LogP contribution in [-0.4, -0.2) is 81.1 Å². The van der Waals surface area contributed by atoms with Crippen LogP contribution in [0.15, 0.2) is 49.1 Å². The van der Waals surface area contributed by atoms with Gasteiger partial charge in [-0.05, 0) is 43.5 Å². The summed E-state index contributed by atoms with van der Waals surface area (Å²) < 4.78 is 28.1. The number of halogens is 1. The number of hydrogen-bond donors (Lipinski definition) is 1. The minimum Gasteiger partial charge on any atom is -0.467 e. The van der Waals surface area contributed by atoms with Crippen LogP contribution in [0, 0.1) is 0 Å². The molecule has 1 N–H and O–H groups in total. The van der Waals surface area contributed by atoms with E-state index in [1.165, 1.54) is 4.90 Å². The Morgan fingerprint density at radius 2 is 2.11 bits per heavy atom. The first-order valence-electron chi connectivity index (χ1n) is 11.4. The maximum Gasteiger partial charge on any atom is 0.407 e. The number of benzene rings is 1. The molecule has 2 bridgehead atoms. The van der Waals surface area contributed by atoms with Crippen LogP contribution in [-0.2, 0) is 4.74 Å². The number of rotatable bonds is 7. The van der Waals surface area contributed by atoms with E-state index in [1.807, 2.05) is 35.0 Å². The van der Waals surface area contributed by atoms with Gasteiger partial charge in [-0.2, -0.15) is 0 Å². The Labute approximate surface area is 201 Å². The van der Waals surface area contributed by atoms with Crippen molar-refractivity contribution in [1.29, 1.82) is 0 Å². The SMILES string of the molecule is COCOc1cc(-n2ccnc2)ccc1-c1ccc(N(C)[C@@H]2C[C@H]3CC[C@@H]([C@@H]2F)N3C(=O)O)nn1. The van der Waals surface area contributed by atoms with Gasteiger partial charge in [-0.1, -0.05) is 0 Å². The first-order chi connectivity index (χ1) is 17.0. The van der Waals surface area contributed by atoms with Gasteiger partial charge in [0.15, 0.2) is 12.6 Å². The molecular weight excluding hydrogens is 455 g/mol. The van der Waals surface area contributed by atoms with E-state index in [-0.39, 0.29) is 12.8 Å². The molecule has 4 heterocycles. The third-order valence-corrected chi connectivity index (χ3v) is 6.90. The van der Waals surface area contributed by atoms with E-state index in [9.17, 15) is 9.90 Å². The molecule has 10 nitrogen and oxygen atoms in total. The topological polar surface area (TPSA) is 106 Å². The molecule has 2 saturated heterocycles. The normalized spacial score (nSPS) is 23.3. The van der Waals surface area contributed by atoms with Crippen molar-refractivity contribution in [2.75, 3.05) is 25.9 Å². The standard InChI is InChI=1S/C24H27FN6O4/c1-29(20-11-16-4-7-19(23(20)25)31(16)24(32)33)22-8-6-18(27-28-22)17-5-3-15(30-10-9-26-13-30)12-21(17)35-14-34-2/h3,5-6,8-10,12-13,16,19-20,23H,4,7,11,14H2,1-2H3,(H,32,33)/t16-,19+,20-,23+/m1/s1. The Kier molecular flexibility index (Phi) is 6.25. The Hall–Kier alpha value is -3.73. The van der Waals surface area contributed by atoms with E-state index in [0.29, 0.717) is 36.5 Å². The van der Waals surface area contributed by atoms with Crippen LogP contribution in [0.3, 0.4) is 0 Å². The predicted octanol–water partition coefficient (Wildman–Crippen LogP) is 3.37. The third kappa shape index (κ3) is 4.27. The fraction of sp³-hybridized carbons (Fsp3) is 0.417. The van der Waals surface area contributed by atoms with E-state index >= 15 is 4.39 Å². The third-order valence-electron chi connectivity index (χ3n) is 6.90. The second-order valence-electron chi connectivity index (χ2n) is 8.82. The Bertz CT molecular complexity index is 1180. The fourth-order valence-corrected chi connectivity index (χ4v) is 5.15. The van der Waals surface area contributed by atoms with Gasteiger partial charge >= 0.3 is 6.09 Å². The first kappa shape index (κ1) is 23.0. The Morgan fingerprint density at radius 3 is 2.80 bits per heavy atom. The van der Waals surface area contributed by atoms with Gasteiger partial charge in [0.2, 0.25) is 0 Å². The van der Waals surface area contributed by atoms with E-state index in [0.717, 1.165) is 11.3 Å². The van der Waals surface area contributed by atoms with Crippen LogP contribution in [0.1, 0.15) is 19.3 Å². The number of carbonyl (C=O) groups is 1. The van der Waals surface area contributed by atoms with Gasteiger partial charge in [0, 0.05) is 44.2 Å². The molecule has 35 heavy (non-hydrogen) atoms. The molecule has 2 aliphatic rings. The maximum absolute atomic E-state index is 15.3. The number of anilines is 1. The van der Waals surface area contributed by atoms with E-state index < -0.39 is 24.3 Å². The van der Waals surface area contributed by atoms with Crippen LogP contribution in [0.25, 0.3) is 16.9 Å². The fourth-order valence-electron chi connectivity index (χ4n) is 5.15. The molecule has 184 valence electrons. The zero-order chi connectivity index (χ0) is 24.5. The van der Waals surface area contributed by atoms with Gasteiger partial charge in [0.05, 0.1) is 29.8 Å². The Morgan fingerprint density at radius 1 is 1.26 bits per heavy atom. The highest BCUT2D eigenvalue weighted by Gasteiger charge is 2.51. The number of nitrogens with zero attached hydrogens (tertiary/aromatic N) is 6. The van der Waals surface area contributed by atoms with Crippen molar-refractivity contribution < 1.29 is 23.8 Å². The van der Waals surface area contributed by atoms with Crippen molar-refractivity contribution in [3.63, 3.8) is 0 Å². The van der Waals surface area contributed by atoms with Crippen molar-refractivity contribution in [1.82, 2.24) is 24.6 Å². The summed E-state index contributed by atoms with van der Waals surface area (Å²) in [4.78, 5) is 18.7. The monoisotopic (exact) mass is 482 g/mol. The van der Waals surface area contributed by atoms with Crippen LogP contribution in [0.4, 0.5) is 15.0 Å². The van der Waals surface area contributed by atoms with E-state index in [2.05, 4.69) is 15.2 Å². The lowest BCUT2D eigenvalue weighted by atomic mass is 9.94. The highest BCUT2D eigenvalue weighted by molar-refractivity contribution is 5.70. The van der Waals surface area contributed by atoms with Gasteiger partial charge in [0.25, 0.3) is 0 Å². The van der Waals surface area contributed by atoms with E-state index in [1.54, 1.807) is 37.6 Å². The molecule has 0 aliphatic carbocycles. The van der Waals surface area contributed by atoms with Crippen molar-refractivity contribution in [3.05, 3.63) is 49.1 Å². The van der Waals surface area contributed by atoms with Crippen molar-refractivity contribution in [2.45, 2.75) is 43.6 Å². The lowest BCUT2D eigenvalue weighted by Gasteiger charge is -2.43. The van der Waals surface area contributed by atoms with Gasteiger partial charge in [-0.15, -0.1) is 10.2 Å². The summed E-state index contributed by atoms with van der Waals surface area (Å²) in [6.07, 6.45) is 4.56. The molecule has 0 radical (unpaired) electrons. The Balaban J connectivity index is 1.37. The maximum atomic E-state index is 15.3. The van der Waals surface area contributed by atoms with E-state index in [4.69, 9.17) is 9.47 Å². The molecule has 0 unspecified atom stereocenters. The second kappa shape index (κ2) is 9.49. The molecule has 5 rings (SSSR count). The number of aromatic nitrogens is 4. The molecule has 2 aliphatic heterocycles. The summed E-state index contributed by atoms with van der Waals surface area (Å²) in [5, 5.41) is 18.2. The lowest BCUT2D eigenvalue weighted by Crippen LogP contribution is -2.58. The lowest BCUT2D eigenvalue weighted by molar-refractivity contribution is 0.0489. The molecule has 1 aromatic carbocycles. The average molecular weight is 483 g/mol. The minimum atomic E-state index is -1.29. The molecule has 3 aromatic rings. The van der Waals surface area contributed by atoms with Gasteiger partial charge < -0.3 is 24.0 Å². The van der Waals surface area contributed by atoms with Crippen molar-refractivity contribution >= 4 is 11.9 Å². The smallest absolute Gasteiger partial charge is 0.407 e. The number of methoxy groups -OCH3 is 1. The molecular formula is C24H27FN6O4. The molecule has 11 heteroatoms. The van der Waals surface area contributed by atoms with Crippen LogP contribution in [0.2, 0.25) is 0 Å². The summed E-state index contributed by atoms with van der Waals surface area (Å²) in [7, 11) is 3.33. The zero-order valence-corrected chi connectivity index (χ0v) is 19.5. The number of amides is 1. The average Bonchev–Trinajstić information content (AvgIpc) is 3.53. The number of alkyl halides is 1. The van der Waals surface area contributed by atoms with Crippen LogP contribution < -0.4 is 9.64 Å². The van der Waals surface area contributed by atoms with Crippen molar-refractivity contribution in [2.24, 2.45) is 0 Å². The molecule has 0 spiro atoms. The molecule has 2 fully saturated rings.